The number of halogens is 2. The van der Waals surface area contributed by atoms with Crippen LogP contribution in [0.3, 0.4) is 0 Å². The number of aliphatic imine (C=N–C) groups is 1. The summed E-state index contributed by atoms with van der Waals surface area (Å²) in [6, 6.07) is 9.25. The van der Waals surface area contributed by atoms with E-state index in [9.17, 15) is 0 Å². The van der Waals surface area contributed by atoms with Crippen molar-refractivity contribution in [3.05, 3.63) is 34.9 Å². The van der Waals surface area contributed by atoms with Gasteiger partial charge in [-0.3, -0.25) is 14.8 Å². The van der Waals surface area contributed by atoms with Crippen LogP contribution in [0.5, 0.6) is 0 Å². The Labute approximate surface area is 210 Å². The van der Waals surface area contributed by atoms with Crippen molar-refractivity contribution in [1.82, 2.24) is 20.4 Å². The summed E-state index contributed by atoms with van der Waals surface area (Å²) in [7, 11) is 5.85. The number of hydrogen-bond acceptors (Lipinski definition) is 4. The lowest BCUT2D eigenvalue weighted by molar-refractivity contribution is 0.122. The average molecular weight is 564 g/mol. The molecular formula is C23H39ClIN5O. The van der Waals surface area contributed by atoms with Gasteiger partial charge in [0, 0.05) is 50.9 Å². The van der Waals surface area contributed by atoms with Crippen molar-refractivity contribution in [2.45, 2.75) is 37.8 Å². The molecular weight excluding hydrogens is 525 g/mol. The Hall–Kier alpha value is -0.610. The molecule has 1 aromatic rings. The molecule has 0 bridgehead atoms. The molecule has 6 nitrogen and oxygen atoms in total. The molecule has 31 heavy (non-hydrogen) atoms. The fourth-order valence-corrected chi connectivity index (χ4v) is 5.18. The lowest BCUT2D eigenvalue weighted by atomic mass is 9.85. The molecule has 176 valence electrons. The molecule has 2 saturated heterocycles. The van der Waals surface area contributed by atoms with Gasteiger partial charge in [0.1, 0.15) is 0 Å². The molecule has 3 rings (SSSR count). The van der Waals surface area contributed by atoms with E-state index in [4.69, 9.17) is 16.3 Å². The number of piperidine rings is 1. The predicted molar refractivity (Wildman–Crippen MR) is 141 cm³/mol. The van der Waals surface area contributed by atoms with Gasteiger partial charge in [-0.25, -0.2) is 0 Å². The molecule has 3 atom stereocenters. The molecule has 2 aliphatic rings. The Bertz CT molecular complexity index is 692. The van der Waals surface area contributed by atoms with Crippen LogP contribution >= 0.6 is 35.6 Å². The Kier molecular flexibility index (Phi) is 11.9. The maximum absolute atomic E-state index is 6.28. The number of guanidine groups is 1. The van der Waals surface area contributed by atoms with Crippen LogP contribution in [-0.2, 0) is 4.74 Å². The fraction of sp³-hybridized carbons (Fsp3) is 0.696. The standard InChI is InChI=1S/C23H38ClN5O.HI/c1-25-23(27-17-21-10-6-12-29(21)13-14-30-3)26-16-19-8-5-11-28(2)22(19)18-7-4-9-20(24)15-18;/h4,7,9,15,19,21-22H,5-6,8,10-14,16-17H2,1-3H3,(H2,25,26,27);1H. The van der Waals surface area contributed by atoms with Crippen molar-refractivity contribution in [3.63, 3.8) is 0 Å². The van der Waals surface area contributed by atoms with Crippen LogP contribution in [0.15, 0.2) is 29.3 Å². The van der Waals surface area contributed by atoms with Crippen LogP contribution < -0.4 is 10.6 Å². The van der Waals surface area contributed by atoms with E-state index in [-0.39, 0.29) is 24.0 Å². The van der Waals surface area contributed by atoms with Gasteiger partial charge in [0.15, 0.2) is 5.96 Å². The van der Waals surface area contributed by atoms with Crippen LogP contribution in [-0.4, -0.2) is 82.3 Å². The Morgan fingerprint density at radius 1 is 1.19 bits per heavy atom. The summed E-state index contributed by atoms with van der Waals surface area (Å²) >= 11 is 6.28. The van der Waals surface area contributed by atoms with Gasteiger partial charge in [-0.1, -0.05) is 23.7 Å². The molecule has 1 aromatic carbocycles. The van der Waals surface area contributed by atoms with E-state index in [1.807, 2.05) is 13.1 Å². The van der Waals surface area contributed by atoms with Gasteiger partial charge in [0.25, 0.3) is 0 Å². The van der Waals surface area contributed by atoms with Crippen molar-refractivity contribution < 1.29 is 4.74 Å². The number of rotatable bonds is 8. The molecule has 0 aliphatic carbocycles. The van der Waals surface area contributed by atoms with E-state index in [0.717, 1.165) is 50.3 Å². The molecule has 2 heterocycles. The molecule has 2 fully saturated rings. The summed E-state index contributed by atoms with van der Waals surface area (Å²) in [5, 5.41) is 7.96. The fourth-order valence-electron chi connectivity index (χ4n) is 4.98. The summed E-state index contributed by atoms with van der Waals surface area (Å²) in [5.41, 5.74) is 1.30. The van der Waals surface area contributed by atoms with Crippen LogP contribution in [0, 0.1) is 5.92 Å². The zero-order valence-corrected chi connectivity index (χ0v) is 22.2. The summed E-state index contributed by atoms with van der Waals surface area (Å²) in [6.07, 6.45) is 4.93. The second-order valence-electron chi connectivity index (χ2n) is 8.54. The average Bonchev–Trinajstić information content (AvgIpc) is 3.19. The smallest absolute Gasteiger partial charge is 0.191 e. The van der Waals surface area contributed by atoms with Gasteiger partial charge in [0.05, 0.1) is 6.61 Å². The lowest BCUT2D eigenvalue weighted by Crippen LogP contribution is -2.48. The van der Waals surface area contributed by atoms with E-state index in [1.54, 1.807) is 7.11 Å². The molecule has 3 unspecified atom stereocenters. The Morgan fingerprint density at radius 2 is 1.97 bits per heavy atom. The first-order valence-corrected chi connectivity index (χ1v) is 11.6. The number of hydrogen-bond donors (Lipinski definition) is 2. The van der Waals surface area contributed by atoms with Gasteiger partial charge in [-0.2, -0.15) is 0 Å². The number of nitrogens with zero attached hydrogens (tertiary/aromatic N) is 3. The third-order valence-corrected chi connectivity index (χ3v) is 6.77. The molecule has 8 heteroatoms. The van der Waals surface area contributed by atoms with Crippen molar-refractivity contribution in [2.24, 2.45) is 10.9 Å². The van der Waals surface area contributed by atoms with Crippen molar-refractivity contribution in [2.75, 3.05) is 60.5 Å². The SMILES string of the molecule is CN=C(NCC1CCCN(C)C1c1cccc(Cl)c1)NCC1CCCN1CCOC.I. The largest absolute Gasteiger partial charge is 0.383 e. The summed E-state index contributed by atoms with van der Waals surface area (Å²) in [5.74, 6) is 1.41. The molecule has 2 aliphatic heterocycles. The van der Waals surface area contributed by atoms with Crippen LogP contribution in [0.25, 0.3) is 0 Å². The van der Waals surface area contributed by atoms with Gasteiger partial charge < -0.3 is 15.4 Å². The van der Waals surface area contributed by atoms with Gasteiger partial charge in [-0.15, -0.1) is 24.0 Å². The minimum Gasteiger partial charge on any atom is -0.383 e. The lowest BCUT2D eigenvalue weighted by Gasteiger charge is -2.40. The first-order valence-electron chi connectivity index (χ1n) is 11.3. The highest BCUT2D eigenvalue weighted by atomic mass is 127. The van der Waals surface area contributed by atoms with Crippen molar-refractivity contribution in [3.8, 4) is 0 Å². The molecule has 0 spiro atoms. The Balaban J connectivity index is 0.00000341. The minimum absolute atomic E-state index is 0. The summed E-state index contributed by atoms with van der Waals surface area (Å²) in [4.78, 5) is 9.45. The monoisotopic (exact) mass is 563 g/mol. The molecule has 0 amide bonds. The number of nitrogens with one attached hydrogen (secondary N) is 2. The van der Waals surface area contributed by atoms with E-state index in [0.29, 0.717) is 18.0 Å². The highest BCUT2D eigenvalue weighted by Gasteiger charge is 2.31. The predicted octanol–water partition coefficient (Wildman–Crippen LogP) is 3.62. The summed E-state index contributed by atoms with van der Waals surface area (Å²) in [6.45, 7) is 5.91. The second-order valence-corrected chi connectivity index (χ2v) is 8.98. The van der Waals surface area contributed by atoms with Crippen LogP contribution in [0.2, 0.25) is 5.02 Å². The van der Waals surface area contributed by atoms with E-state index in [2.05, 4.69) is 50.7 Å². The van der Waals surface area contributed by atoms with Gasteiger partial charge in [-0.05, 0) is 69.4 Å². The second kappa shape index (κ2) is 13.8. The third-order valence-electron chi connectivity index (χ3n) is 6.54. The number of benzene rings is 1. The van der Waals surface area contributed by atoms with Gasteiger partial charge in [0.2, 0.25) is 0 Å². The minimum atomic E-state index is 0. The topological polar surface area (TPSA) is 52.1 Å². The van der Waals surface area contributed by atoms with E-state index >= 15 is 0 Å². The maximum atomic E-state index is 6.28. The zero-order chi connectivity index (χ0) is 21.3. The van der Waals surface area contributed by atoms with E-state index < -0.39 is 0 Å². The van der Waals surface area contributed by atoms with Crippen LogP contribution in [0.4, 0.5) is 0 Å². The normalized spacial score (nSPS) is 25.3. The van der Waals surface area contributed by atoms with Gasteiger partial charge >= 0.3 is 0 Å². The number of ether oxygens (including phenoxy) is 1. The number of likely N-dealkylation sites (tertiary alicyclic amines) is 2. The molecule has 0 saturated carbocycles. The molecule has 2 N–H and O–H groups in total. The molecule has 0 radical (unpaired) electrons. The highest BCUT2D eigenvalue weighted by molar-refractivity contribution is 14.0. The maximum Gasteiger partial charge on any atom is 0.191 e. The quantitative estimate of drug-likeness (QED) is 0.288. The third kappa shape index (κ3) is 7.74. The first kappa shape index (κ1) is 26.6. The van der Waals surface area contributed by atoms with E-state index in [1.165, 1.54) is 31.2 Å². The zero-order valence-electron chi connectivity index (χ0n) is 19.1. The molecule has 0 aromatic heterocycles. The van der Waals surface area contributed by atoms with Crippen molar-refractivity contribution in [1.29, 1.82) is 0 Å². The van der Waals surface area contributed by atoms with Crippen molar-refractivity contribution >= 4 is 41.5 Å². The Morgan fingerprint density at radius 3 is 2.71 bits per heavy atom. The summed E-state index contributed by atoms with van der Waals surface area (Å²) < 4.78 is 5.26. The first-order chi connectivity index (χ1) is 14.6. The van der Waals surface area contributed by atoms with Crippen LogP contribution in [0.1, 0.15) is 37.3 Å². The number of methoxy groups -OCH3 is 1. The highest BCUT2D eigenvalue weighted by Crippen LogP contribution is 2.35.